The first-order chi connectivity index (χ1) is 14.5. The Bertz CT molecular complexity index is 1030. The SMILES string of the molecule is CCOC(=O)N1CC=C2C(C#N)=C(N)C(C#N)(C#N)[C@@H](c3ccc(SC)cc3)[C@@H]2C1. The van der Waals surface area contributed by atoms with Crippen LogP contribution < -0.4 is 5.73 Å². The number of amides is 1. The fourth-order valence-corrected chi connectivity index (χ4v) is 4.64. The predicted octanol–water partition coefficient (Wildman–Crippen LogP) is 3.29. The number of carbonyl (C=O) groups excluding carboxylic acids is 1. The molecular weight excluding hydrogens is 398 g/mol. The second-order valence-electron chi connectivity index (χ2n) is 7.05. The highest BCUT2D eigenvalue weighted by atomic mass is 32.2. The molecule has 152 valence electrons. The summed E-state index contributed by atoms with van der Waals surface area (Å²) in [7, 11) is 0. The molecular formula is C22H21N5O2S. The molecule has 1 aromatic carbocycles. The van der Waals surface area contributed by atoms with Gasteiger partial charge in [0.15, 0.2) is 5.41 Å². The molecule has 3 rings (SSSR count). The van der Waals surface area contributed by atoms with Gasteiger partial charge in [-0.05, 0) is 36.4 Å². The Balaban J connectivity index is 2.21. The van der Waals surface area contributed by atoms with Crippen LogP contribution in [-0.2, 0) is 4.74 Å². The molecule has 1 aliphatic heterocycles. The number of rotatable bonds is 3. The Morgan fingerprint density at radius 2 is 1.97 bits per heavy atom. The van der Waals surface area contributed by atoms with E-state index in [-0.39, 0.29) is 31.0 Å². The molecule has 8 heteroatoms. The zero-order valence-corrected chi connectivity index (χ0v) is 17.6. The van der Waals surface area contributed by atoms with E-state index in [0.717, 1.165) is 10.5 Å². The van der Waals surface area contributed by atoms with Crippen LogP contribution in [0.1, 0.15) is 18.4 Å². The number of hydrogen-bond donors (Lipinski definition) is 1. The van der Waals surface area contributed by atoms with Gasteiger partial charge in [0.05, 0.1) is 30.0 Å². The van der Waals surface area contributed by atoms with Gasteiger partial charge in [-0.3, -0.25) is 0 Å². The van der Waals surface area contributed by atoms with Crippen LogP contribution in [-0.4, -0.2) is 36.9 Å². The third-order valence-corrected chi connectivity index (χ3v) is 6.41. The van der Waals surface area contributed by atoms with E-state index in [1.54, 1.807) is 24.8 Å². The van der Waals surface area contributed by atoms with Gasteiger partial charge >= 0.3 is 6.09 Å². The van der Waals surface area contributed by atoms with Crippen molar-refractivity contribution < 1.29 is 9.53 Å². The summed E-state index contributed by atoms with van der Waals surface area (Å²) in [6.07, 6.45) is 3.27. The first kappa shape index (κ1) is 21.3. The topological polar surface area (TPSA) is 127 Å². The van der Waals surface area contributed by atoms with Crippen molar-refractivity contribution in [2.45, 2.75) is 17.7 Å². The second-order valence-corrected chi connectivity index (χ2v) is 7.93. The maximum atomic E-state index is 12.4. The minimum absolute atomic E-state index is 0.0268. The number of benzene rings is 1. The monoisotopic (exact) mass is 419 g/mol. The summed E-state index contributed by atoms with van der Waals surface area (Å²) < 4.78 is 5.13. The molecule has 2 N–H and O–H groups in total. The molecule has 0 saturated heterocycles. The quantitative estimate of drug-likeness (QED) is 0.745. The van der Waals surface area contributed by atoms with Crippen molar-refractivity contribution >= 4 is 17.9 Å². The molecule has 1 amide bonds. The van der Waals surface area contributed by atoms with Crippen LogP contribution in [0.4, 0.5) is 4.79 Å². The van der Waals surface area contributed by atoms with E-state index in [4.69, 9.17) is 10.5 Å². The van der Waals surface area contributed by atoms with Crippen molar-refractivity contribution in [1.82, 2.24) is 4.90 Å². The summed E-state index contributed by atoms with van der Waals surface area (Å²) in [6, 6.07) is 13.9. The standard InChI is InChI=1S/C22H21N5O2S/c1-3-29-21(28)27-9-8-16-17(10-23)20(26)22(12-24,13-25)19(18(16)11-27)14-4-6-15(30-2)7-5-14/h4-8,18-19H,3,9,11,26H2,1-2H3/t18-,19+/m1/s1. The minimum Gasteiger partial charge on any atom is -0.450 e. The first-order valence-corrected chi connectivity index (χ1v) is 10.7. The number of ether oxygens (including phenoxy) is 1. The van der Waals surface area contributed by atoms with Gasteiger partial charge in [-0.25, -0.2) is 4.79 Å². The number of fused-ring (bicyclic) bond motifs is 1. The van der Waals surface area contributed by atoms with Crippen LogP contribution in [0, 0.1) is 45.3 Å². The van der Waals surface area contributed by atoms with Crippen LogP contribution in [0.5, 0.6) is 0 Å². The molecule has 0 spiro atoms. The van der Waals surface area contributed by atoms with Gasteiger partial charge < -0.3 is 15.4 Å². The molecule has 1 aromatic rings. The van der Waals surface area contributed by atoms with Gasteiger partial charge in [0.1, 0.15) is 6.07 Å². The van der Waals surface area contributed by atoms with Crippen LogP contribution in [0.25, 0.3) is 0 Å². The number of hydrogen-bond acceptors (Lipinski definition) is 7. The molecule has 30 heavy (non-hydrogen) atoms. The average Bonchev–Trinajstić information content (AvgIpc) is 2.78. The lowest BCUT2D eigenvalue weighted by Gasteiger charge is -2.45. The van der Waals surface area contributed by atoms with E-state index in [1.165, 1.54) is 4.90 Å². The second kappa shape index (κ2) is 8.53. The van der Waals surface area contributed by atoms with Crippen LogP contribution in [0.2, 0.25) is 0 Å². The molecule has 0 fully saturated rings. The van der Waals surface area contributed by atoms with Crippen molar-refractivity contribution in [2.75, 3.05) is 26.0 Å². The van der Waals surface area contributed by atoms with Crippen LogP contribution >= 0.6 is 11.8 Å². The van der Waals surface area contributed by atoms with E-state index in [0.29, 0.717) is 5.57 Å². The van der Waals surface area contributed by atoms with Gasteiger partial charge in [0, 0.05) is 29.8 Å². The average molecular weight is 420 g/mol. The van der Waals surface area contributed by atoms with Gasteiger partial charge in [0.25, 0.3) is 0 Å². The van der Waals surface area contributed by atoms with E-state index in [2.05, 4.69) is 18.2 Å². The molecule has 0 bridgehead atoms. The Morgan fingerprint density at radius 3 is 2.50 bits per heavy atom. The third-order valence-electron chi connectivity index (χ3n) is 5.67. The number of nitrogens with zero attached hydrogens (tertiary/aromatic N) is 4. The summed E-state index contributed by atoms with van der Waals surface area (Å²) in [5.74, 6) is -1.08. The van der Waals surface area contributed by atoms with E-state index < -0.39 is 23.3 Å². The molecule has 0 radical (unpaired) electrons. The summed E-state index contributed by atoms with van der Waals surface area (Å²) in [5.41, 5.74) is 6.14. The van der Waals surface area contributed by atoms with Gasteiger partial charge in [-0.1, -0.05) is 18.2 Å². The van der Waals surface area contributed by atoms with E-state index >= 15 is 0 Å². The Morgan fingerprint density at radius 1 is 1.30 bits per heavy atom. The van der Waals surface area contributed by atoms with Gasteiger partial charge in [0.2, 0.25) is 0 Å². The summed E-state index contributed by atoms with van der Waals surface area (Å²) >= 11 is 1.58. The number of carbonyl (C=O) groups is 1. The molecule has 0 aromatic heterocycles. The maximum absolute atomic E-state index is 12.4. The minimum atomic E-state index is -1.72. The number of nitriles is 3. The molecule has 0 unspecified atom stereocenters. The van der Waals surface area contributed by atoms with Crippen molar-refractivity contribution in [1.29, 1.82) is 15.8 Å². The number of allylic oxidation sites excluding steroid dienone is 2. The summed E-state index contributed by atoms with van der Waals surface area (Å²) in [6.45, 7) is 2.47. The molecule has 1 heterocycles. The highest BCUT2D eigenvalue weighted by Gasteiger charge is 2.54. The molecule has 7 nitrogen and oxygen atoms in total. The normalized spacial score (nSPS) is 22.1. The third kappa shape index (κ3) is 3.28. The number of nitrogens with two attached hydrogens (primary N) is 1. The zero-order chi connectivity index (χ0) is 21.9. The lowest BCUT2D eigenvalue weighted by molar-refractivity contribution is 0.0999. The maximum Gasteiger partial charge on any atom is 0.410 e. The highest BCUT2D eigenvalue weighted by molar-refractivity contribution is 7.98. The van der Waals surface area contributed by atoms with Gasteiger partial charge in [-0.15, -0.1) is 11.8 Å². The highest BCUT2D eigenvalue weighted by Crippen LogP contribution is 2.54. The summed E-state index contributed by atoms with van der Waals surface area (Å²) in [5, 5.41) is 29.9. The number of thioether (sulfide) groups is 1. The van der Waals surface area contributed by atoms with Crippen LogP contribution in [0.15, 0.2) is 52.1 Å². The fraction of sp³-hybridized carbons (Fsp3) is 0.364. The molecule has 0 saturated carbocycles. The smallest absolute Gasteiger partial charge is 0.410 e. The first-order valence-electron chi connectivity index (χ1n) is 9.46. The van der Waals surface area contributed by atoms with Crippen molar-refractivity contribution in [2.24, 2.45) is 17.1 Å². The van der Waals surface area contributed by atoms with Crippen molar-refractivity contribution in [3.8, 4) is 18.2 Å². The Labute approximate surface area is 180 Å². The fourth-order valence-electron chi connectivity index (χ4n) is 4.23. The van der Waals surface area contributed by atoms with E-state index in [1.807, 2.05) is 30.5 Å². The Kier molecular flexibility index (Phi) is 6.06. The zero-order valence-electron chi connectivity index (χ0n) is 16.8. The molecule has 2 aliphatic rings. The predicted molar refractivity (Wildman–Crippen MR) is 112 cm³/mol. The summed E-state index contributed by atoms with van der Waals surface area (Å²) in [4.78, 5) is 14.9. The van der Waals surface area contributed by atoms with Gasteiger partial charge in [-0.2, -0.15) is 15.8 Å². The molecule has 1 aliphatic carbocycles. The molecule has 2 atom stereocenters. The van der Waals surface area contributed by atoms with E-state index in [9.17, 15) is 20.6 Å². The Hall–Kier alpha value is -3.41. The van der Waals surface area contributed by atoms with Crippen LogP contribution in [0.3, 0.4) is 0 Å². The lowest BCUT2D eigenvalue weighted by atomic mass is 9.58. The van der Waals surface area contributed by atoms with Crippen molar-refractivity contribution in [3.05, 3.63) is 52.7 Å². The lowest BCUT2D eigenvalue weighted by Crippen LogP contribution is -2.49. The largest absolute Gasteiger partial charge is 0.450 e. The van der Waals surface area contributed by atoms with Crippen molar-refractivity contribution in [3.63, 3.8) is 0 Å².